The molecular formula is C19H15N5O3S. The van der Waals surface area contributed by atoms with E-state index in [9.17, 15) is 14.4 Å². The summed E-state index contributed by atoms with van der Waals surface area (Å²) >= 11 is 1.39. The van der Waals surface area contributed by atoms with Crippen LogP contribution in [-0.2, 0) is 9.59 Å². The zero-order chi connectivity index (χ0) is 19.8. The zero-order valence-corrected chi connectivity index (χ0v) is 15.9. The Labute approximate surface area is 164 Å². The number of aromatic nitrogens is 3. The summed E-state index contributed by atoms with van der Waals surface area (Å²) in [5.41, 5.74) is 1.46. The molecule has 0 radical (unpaired) electrons. The first kappa shape index (κ1) is 17.8. The van der Waals surface area contributed by atoms with E-state index >= 15 is 0 Å². The maximum atomic E-state index is 12.4. The van der Waals surface area contributed by atoms with Crippen LogP contribution >= 0.6 is 11.3 Å². The number of carbonyl (C=O) groups is 3. The molecule has 28 heavy (non-hydrogen) atoms. The fourth-order valence-electron chi connectivity index (χ4n) is 2.82. The lowest BCUT2D eigenvalue weighted by molar-refractivity contribution is -0.134. The minimum atomic E-state index is -0.654. The number of barbiturate groups is 1. The Bertz CT molecular complexity index is 1090. The molecule has 3 aromatic rings. The molecule has 4 amide bonds. The first-order valence-electron chi connectivity index (χ1n) is 8.36. The van der Waals surface area contributed by atoms with E-state index in [1.54, 1.807) is 22.9 Å². The number of imide groups is 2. The first-order chi connectivity index (χ1) is 13.5. The van der Waals surface area contributed by atoms with E-state index < -0.39 is 17.8 Å². The monoisotopic (exact) mass is 393 g/mol. The van der Waals surface area contributed by atoms with E-state index in [0.717, 1.165) is 20.4 Å². The molecule has 3 heterocycles. The normalized spacial score (nSPS) is 14.8. The SMILES string of the molecule is CN1C(=O)C(=Cc2cccn2-c2nnc(-c3ccccc3)s2)C(=O)N(C)C1=O. The van der Waals surface area contributed by atoms with Crippen LogP contribution in [0.25, 0.3) is 21.8 Å². The van der Waals surface area contributed by atoms with Crippen molar-refractivity contribution >= 4 is 35.3 Å². The van der Waals surface area contributed by atoms with E-state index in [1.165, 1.54) is 31.5 Å². The van der Waals surface area contributed by atoms with Crippen LogP contribution in [0.5, 0.6) is 0 Å². The van der Waals surface area contributed by atoms with Crippen LogP contribution in [0.15, 0.2) is 54.2 Å². The third kappa shape index (κ3) is 2.91. The van der Waals surface area contributed by atoms with E-state index in [4.69, 9.17) is 0 Å². The molecule has 1 aliphatic heterocycles. The van der Waals surface area contributed by atoms with Crippen molar-refractivity contribution in [1.29, 1.82) is 0 Å². The summed E-state index contributed by atoms with van der Waals surface area (Å²) < 4.78 is 1.74. The summed E-state index contributed by atoms with van der Waals surface area (Å²) in [6, 6.07) is 12.6. The van der Waals surface area contributed by atoms with Gasteiger partial charge in [-0.3, -0.25) is 24.0 Å². The van der Waals surface area contributed by atoms with E-state index in [-0.39, 0.29) is 5.57 Å². The Balaban J connectivity index is 1.72. The van der Waals surface area contributed by atoms with Crippen LogP contribution in [0.2, 0.25) is 0 Å². The third-order valence-corrected chi connectivity index (χ3v) is 5.33. The molecule has 0 unspecified atom stereocenters. The Kier molecular flexibility index (Phi) is 4.36. The summed E-state index contributed by atoms with van der Waals surface area (Å²) in [6.45, 7) is 0. The van der Waals surface area contributed by atoms with Crippen molar-refractivity contribution in [2.45, 2.75) is 0 Å². The first-order valence-corrected chi connectivity index (χ1v) is 9.17. The molecular weight excluding hydrogens is 378 g/mol. The Morgan fingerprint density at radius 1 is 0.893 bits per heavy atom. The van der Waals surface area contributed by atoms with Crippen molar-refractivity contribution in [3.05, 3.63) is 59.9 Å². The number of rotatable bonds is 3. The molecule has 9 heteroatoms. The number of benzene rings is 1. The fraction of sp³-hybridized carbons (Fsp3) is 0.105. The van der Waals surface area contributed by atoms with E-state index in [1.807, 2.05) is 30.3 Å². The zero-order valence-electron chi connectivity index (χ0n) is 15.1. The number of amides is 4. The van der Waals surface area contributed by atoms with Gasteiger partial charge in [-0.1, -0.05) is 41.7 Å². The average Bonchev–Trinajstić information content (AvgIpc) is 3.38. The van der Waals surface area contributed by atoms with Gasteiger partial charge in [0.2, 0.25) is 5.13 Å². The van der Waals surface area contributed by atoms with Crippen LogP contribution in [0.1, 0.15) is 5.69 Å². The minimum Gasteiger partial charge on any atom is -0.292 e. The van der Waals surface area contributed by atoms with Gasteiger partial charge < -0.3 is 0 Å². The molecule has 0 aliphatic carbocycles. The number of likely N-dealkylation sites (N-methyl/N-ethyl adjacent to an activating group) is 2. The van der Waals surface area contributed by atoms with Gasteiger partial charge in [-0.15, -0.1) is 10.2 Å². The van der Waals surface area contributed by atoms with Gasteiger partial charge in [0.1, 0.15) is 10.6 Å². The lowest BCUT2D eigenvalue weighted by Gasteiger charge is -2.28. The summed E-state index contributed by atoms with van der Waals surface area (Å²) in [5.74, 6) is -1.27. The topological polar surface area (TPSA) is 88.4 Å². The van der Waals surface area contributed by atoms with Gasteiger partial charge in [0.05, 0.1) is 0 Å². The van der Waals surface area contributed by atoms with Crippen molar-refractivity contribution in [2.24, 2.45) is 0 Å². The predicted octanol–water partition coefficient (Wildman–Crippen LogP) is 2.43. The second-order valence-electron chi connectivity index (χ2n) is 6.13. The highest BCUT2D eigenvalue weighted by Gasteiger charge is 2.38. The Morgan fingerprint density at radius 3 is 2.25 bits per heavy atom. The van der Waals surface area contributed by atoms with Gasteiger partial charge in [-0.2, -0.15) is 0 Å². The molecule has 1 aromatic carbocycles. The summed E-state index contributed by atoms with van der Waals surface area (Å²) in [6.07, 6.45) is 3.24. The van der Waals surface area contributed by atoms with Crippen molar-refractivity contribution in [2.75, 3.05) is 14.1 Å². The second-order valence-corrected chi connectivity index (χ2v) is 7.08. The highest BCUT2D eigenvalue weighted by atomic mass is 32.1. The van der Waals surface area contributed by atoms with Gasteiger partial charge in [0.15, 0.2) is 0 Å². The maximum absolute atomic E-state index is 12.4. The quantitative estimate of drug-likeness (QED) is 0.504. The summed E-state index contributed by atoms with van der Waals surface area (Å²) in [7, 11) is 2.69. The van der Waals surface area contributed by atoms with Crippen LogP contribution in [-0.4, -0.2) is 56.5 Å². The highest BCUT2D eigenvalue weighted by molar-refractivity contribution is 7.17. The van der Waals surface area contributed by atoms with Crippen molar-refractivity contribution < 1.29 is 14.4 Å². The van der Waals surface area contributed by atoms with Crippen LogP contribution in [0.4, 0.5) is 4.79 Å². The Morgan fingerprint density at radius 2 is 1.57 bits per heavy atom. The van der Waals surface area contributed by atoms with Gasteiger partial charge in [-0.25, -0.2) is 4.79 Å². The van der Waals surface area contributed by atoms with Crippen LogP contribution in [0, 0.1) is 0 Å². The molecule has 1 saturated heterocycles. The van der Waals surface area contributed by atoms with Gasteiger partial charge in [-0.05, 0) is 18.2 Å². The predicted molar refractivity (Wildman–Crippen MR) is 104 cm³/mol. The molecule has 4 rings (SSSR count). The number of urea groups is 1. The lowest BCUT2D eigenvalue weighted by Crippen LogP contribution is -2.52. The van der Waals surface area contributed by atoms with Gasteiger partial charge >= 0.3 is 6.03 Å². The molecule has 1 fully saturated rings. The maximum Gasteiger partial charge on any atom is 0.333 e. The Hall–Kier alpha value is -3.59. The number of hydrogen-bond acceptors (Lipinski definition) is 6. The lowest BCUT2D eigenvalue weighted by atomic mass is 10.1. The van der Waals surface area contributed by atoms with E-state index in [2.05, 4.69) is 10.2 Å². The standard InChI is InChI=1S/C19H15N5O3S/c1-22-16(25)14(17(26)23(2)19(22)27)11-13-9-6-10-24(13)18-21-20-15(28-18)12-7-4-3-5-8-12/h3-11H,1-2H3. The second kappa shape index (κ2) is 6.86. The van der Waals surface area contributed by atoms with Crippen LogP contribution in [0.3, 0.4) is 0 Å². The molecule has 0 spiro atoms. The number of hydrogen-bond donors (Lipinski definition) is 0. The molecule has 0 atom stereocenters. The molecule has 0 N–H and O–H groups in total. The highest BCUT2D eigenvalue weighted by Crippen LogP contribution is 2.27. The largest absolute Gasteiger partial charge is 0.333 e. The molecule has 8 nitrogen and oxygen atoms in total. The molecule has 0 bridgehead atoms. The fourth-order valence-corrected chi connectivity index (χ4v) is 3.67. The molecule has 2 aromatic heterocycles. The molecule has 140 valence electrons. The van der Waals surface area contributed by atoms with Crippen molar-refractivity contribution in [3.63, 3.8) is 0 Å². The molecule has 1 aliphatic rings. The summed E-state index contributed by atoms with van der Waals surface area (Å²) in [5, 5.41) is 9.82. The minimum absolute atomic E-state index is 0.0858. The number of nitrogens with zero attached hydrogens (tertiary/aromatic N) is 5. The number of carbonyl (C=O) groups excluding carboxylic acids is 3. The van der Waals surface area contributed by atoms with Crippen molar-refractivity contribution in [3.8, 4) is 15.7 Å². The smallest absolute Gasteiger partial charge is 0.292 e. The third-order valence-electron chi connectivity index (χ3n) is 4.36. The van der Waals surface area contributed by atoms with Crippen LogP contribution < -0.4 is 0 Å². The average molecular weight is 393 g/mol. The summed E-state index contributed by atoms with van der Waals surface area (Å²) in [4.78, 5) is 38.5. The molecule has 0 saturated carbocycles. The van der Waals surface area contributed by atoms with E-state index in [0.29, 0.717) is 10.8 Å². The van der Waals surface area contributed by atoms with Crippen molar-refractivity contribution in [1.82, 2.24) is 24.6 Å². The van der Waals surface area contributed by atoms with Gasteiger partial charge in [0.25, 0.3) is 11.8 Å². The van der Waals surface area contributed by atoms with Gasteiger partial charge in [0, 0.05) is 31.5 Å².